The molecule has 150 valence electrons. The summed E-state index contributed by atoms with van der Waals surface area (Å²) in [6.07, 6.45) is 1.47. The van der Waals surface area contributed by atoms with Crippen molar-refractivity contribution in [2.45, 2.75) is 20.0 Å². The minimum atomic E-state index is -0.438. The molecule has 0 radical (unpaired) electrons. The Morgan fingerprint density at radius 2 is 1.90 bits per heavy atom. The fourth-order valence-corrected chi connectivity index (χ4v) is 3.60. The summed E-state index contributed by atoms with van der Waals surface area (Å²) in [4.78, 5) is 41.3. The highest BCUT2D eigenvalue weighted by atomic mass is 16.5. The van der Waals surface area contributed by atoms with Crippen LogP contribution in [-0.4, -0.2) is 35.8 Å². The molecule has 0 saturated heterocycles. The maximum atomic E-state index is 12.6. The number of aromatic nitrogens is 5. The number of imidazole rings is 1. The molecular weight excluding hydrogens is 374 g/mol. The van der Waals surface area contributed by atoms with Gasteiger partial charge in [-0.3, -0.25) is 13.9 Å². The zero-order valence-electron chi connectivity index (χ0n) is 16.5. The quantitative estimate of drug-likeness (QED) is 0.475. The molecule has 0 N–H and O–H groups in total. The molecule has 0 unspecified atom stereocenters. The molecule has 4 rings (SSSR count). The summed E-state index contributed by atoms with van der Waals surface area (Å²) in [6.45, 7) is 2.94. The molecule has 4 aromatic rings. The maximum absolute atomic E-state index is 12.6. The molecule has 1 aromatic carbocycles. The smallest absolute Gasteiger partial charge is 0.355 e. The Kier molecular flexibility index (Phi) is 4.57. The van der Waals surface area contributed by atoms with Crippen molar-refractivity contribution in [1.29, 1.82) is 0 Å². The molecule has 0 amide bonds. The number of ether oxygens (including phenoxy) is 1. The number of esters is 1. The van der Waals surface area contributed by atoms with Crippen molar-refractivity contribution < 1.29 is 9.53 Å². The van der Waals surface area contributed by atoms with Gasteiger partial charge in [0.15, 0.2) is 11.2 Å². The minimum Gasteiger partial charge on any atom is -0.459 e. The third kappa shape index (κ3) is 2.95. The van der Waals surface area contributed by atoms with E-state index < -0.39 is 17.2 Å². The van der Waals surface area contributed by atoms with E-state index in [9.17, 15) is 14.4 Å². The molecule has 0 bridgehead atoms. The Labute approximate surface area is 165 Å². The van der Waals surface area contributed by atoms with Gasteiger partial charge in [0.2, 0.25) is 0 Å². The van der Waals surface area contributed by atoms with E-state index >= 15 is 0 Å². The van der Waals surface area contributed by atoms with E-state index in [-0.39, 0.29) is 13.2 Å². The van der Waals surface area contributed by atoms with Crippen molar-refractivity contribution in [3.05, 3.63) is 63.2 Å². The molecule has 3 aromatic heterocycles. The van der Waals surface area contributed by atoms with Gasteiger partial charge in [0.25, 0.3) is 5.56 Å². The van der Waals surface area contributed by atoms with Crippen molar-refractivity contribution in [1.82, 2.24) is 23.3 Å². The van der Waals surface area contributed by atoms with Crippen molar-refractivity contribution in [2.75, 3.05) is 6.61 Å². The predicted octanol–water partition coefficient (Wildman–Crippen LogP) is 1.27. The topological polar surface area (TPSA) is 93.1 Å². The predicted molar refractivity (Wildman–Crippen MR) is 108 cm³/mol. The molecule has 0 aliphatic carbocycles. The average Bonchev–Trinajstić information content (AvgIpc) is 3.32. The summed E-state index contributed by atoms with van der Waals surface area (Å²) in [5.74, 6) is -0.423. The summed E-state index contributed by atoms with van der Waals surface area (Å²) in [5, 5.41) is 0.978. The summed E-state index contributed by atoms with van der Waals surface area (Å²) >= 11 is 0. The highest BCUT2D eigenvalue weighted by Gasteiger charge is 2.17. The molecule has 29 heavy (non-hydrogen) atoms. The van der Waals surface area contributed by atoms with Crippen LogP contribution in [0.2, 0.25) is 0 Å². The zero-order valence-corrected chi connectivity index (χ0v) is 16.5. The molecule has 0 aliphatic rings. The van der Waals surface area contributed by atoms with E-state index in [1.54, 1.807) is 11.6 Å². The lowest BCUT2D eigenvalue weighted by Crippen LogP contribution is -2.37. The fourth-order valence-electron chi connectivity index (χ4n) is 3.60. The first-order valence-corrected chi connectivity index (χ1v) is 9.30. The first-order valence-electron chi connectivity index (χ1n) is 9.30. The van der Waals surface area contributed by atoms with Gasteiger partial charge >= 0.3 is 11.7 Å². The van der Waals surface area contributed by atoms with Crippen LogP contribution < -0.4 is 11.2 Å². The standard InChI is InChI=1S/C20H21N5O4/c1-4-25-14-8-6-5-7-13(14)11-15(25)19(27)29-10-9-24-12-21-17-16(24)18(26)23(3)20(28)22(17)2/h5-8,11-12H,4,9-10H2,1-3H3. The maximum Gasteiger partial charge on any atom is 0.355 e. The lowest BCUT2D eigenvalue weighted by Gasteiger charge is -2.09. The number of carbonyl (C=O) groups excluding carboxylic acids is 1. The molecule has 9 nitrogen and oxygen atoms in total. The molecule has 3 heterocycles. The van der Waals surface area contributed by atoms with E-state index in [1.165, 1.54) is 17.9 Å². The number of hydrogen-bond donors (Lipinski definition) is 0. The monoisotopic (exact) mass is 395 g/mol. The molecular formula is C20H21N5O4. The molecule has 9 heteroatoms. The highest BCUT2D eigenvalue weighted by Crippen LogP contribution is 2.20. The Balaban J connectivity index is 1.57. The van der Waals surface area contributed by atoms with E-state index in [0.29, 0.717) is 23.4 Å². The van der Waals surface area contributed by atoms with E-state index in [0.717, 1.165) is 15.5 Å². The highest BCUT2D eigenvalue weighted by molar-refractivity contribution is 5.95. The van der Waals surface area contributed by atoms with E-state index in [1.807, 2.05) is 41.8 Å². The number of benzene rings is 1. The summed E-state index contributed by atoms with van der Waals surface area (Å²) in [5.41, 5.74) is 1.20. The van der Waals surface area contributed by atoms with E-state index in [4.69, 9.17) is 4.74 Å². The largest absolute Gasteiger partial charge is 0.459 e. The van der Waals surface area contributed by atoms with Gasteiger partial charge in [0.1, 0.15) is 12.3 Å². The van der Waals surface area contributed by atoms with Crippen molar-refractivity contribution in [3.8, 4) is 0 Å². The SMILES string of the molecule is CCn1c(C(=O)OCCn2cnc3c2c(=O)n(C)c(=O)n3C)cc2ccccc21. The summed E-state index contributed by atoms with van der Waals surface area (Å²) in [6, 6.07) is 9.60. The summed E-state index contributed by atoms with van der Waals surface area (Å²) < 4.78 is 11.3. The third-order valence-corrected chi connectivity index (χ3v) is 5.12. The number of hydrogen-bond acceptors (Lipinski definition) is 5. The van der Waals surface area contributed by atoms with Crippen molar-refractivity contribution >= 4 is 28.0 Å². The Hall–Kier alpha value is -3.62. The zero-order chi connectivity index (χ0) is 20.7. The van der Waals surface area contributed by atoms with Crippen LogP contribution in [0.1, 0.15) is 17.4 Å². The molecule has 0 spiro atoms. The summed E-state index contributed by atoms with van der Waals surface area (Å²) in [7, 11) is 2.98. The molecule has 0 saturated carbocycles. The lowest BCUT2D eigenvalue weighted by molar-refractivity contribution is 0.0480. The second kappa shape index (κ2) is 7.08. The second-order valence-electron chi connectivity index (χ2n) is 6.78. The molecule has 0 atom stereocenters. The van der Waals surface area contributed by atoms with Gasteiger partial charge in [-0.05, 0) is 19.1 Å². The fraction of sp³-hybridized carbons (Fsp3) is 0.300. The minimum absolute atomic E-state index is 0.0710. The molecule has 0 aliphatic heterocycles. The van der Waals surface area contributed by atoms with Crippen molar-refractivity contribution in [2.24, 2.45) is 14.1 Å². The van der Waals surface area contributed by atoms with Gasteiger partial charge in [-0.25, -0.2) is 14.6 Å². The lowest BCUT2D eigenvalue weighted by atomic mass is 10.2. The number of carbonyl (C=O) groups is 1. The average molecular weight is 395 g/mol. The third-order valence-electron chi connectivity index (χ3n) is 5.12. The van der Waals surface area contributed by atoms with Gasteiger partial charge in [-0.15, -0.1) is 0 Å². The van der Waals surface area contributed by atoms with Crippen LogP contribution in [0.3, 0.4) is 0 Å². The van der Waals surface area contributed by atoms with Gasteiger partial charge in [-0.2, -0.15) is 0 Å². The molecule has 0 fully saturated rings. The van der Waals surface area contributed by atoms with Crippen LogP contribution in [0.4, 0.5) is 0 Å². The number of fused-ring (bicyclic) bond motifs is 2. The van der Waals surface area contributed by atoms with Gasteiger partial charge < -0.3 is 13.9 Å². The Bertz CT molecular complexity index is 1360. The normalized spacial score (nSPS) is 11.4. The van der Waals surface area contributed by atoms with Crippen LogP contribution in [0.15, 0.2) is 46.2 Å². The first-order chi connectivity index (χ1) is 13.9. The van der Waals surface area contributed by atoms with Crippen LogP contribution in [-0.2, 0) is 31.9 Å². The second-order valence-corrected chi connectivity index (χ2v) is 6.78. The van der Waals surface area contributed by atoms with Gasteiger partial charge in [0.05, 0.1) is 12.9 Å². The van der Waals surface area contributed by atoms with E-state index in [2.05, 4.69) is 4.98 Å². The van der Waals surface area contributed by atoms with Gasteiger partial charge in [-0.1, -0.05) is 18.2 Å². The van der Waals surface area contributed by atoms with Gasteiger partial charge in [0, 0.05) is 31.5 Å². The van der Waals surface area contributed by atoms with Crippen molar-refractivity contribution in [3.63, 3.8) is 0 Å². The number of aryl methyl sites for hydroxylation is 2. The number of rotatable bonds is 5. The van der Waals surface area contributed by atoms with Crippen LogP contribution in [0, 0.1) is 0 Å². The van der Waals surface area contributed by atoms with Crippen LogP contribution in [0.5, 0.6) is 0 Å². The Morgan fingerprint density at radius 3 is 2.66 bits per heavy atom. The van der Waals surface area contributed by atoms with Crippen LogP contribution >= 0.6 is 0 Å². The first kappa shape index (κ1) is 18.7. The number of para-hydroxylation sites is 1. The van der Waals surface area contributed by atoms with Crippen LogP contribution in [0.25, 0.3) is 22.1 Å². The Morgan fingerprint density at radius 1 is 1.14 bits per heavy atom. The number of nitrogens with zero attached hydrogens (tertiary/aromatic N) is 5.